The Morgan fingerprint density at radius 1 is 1.14 bits per heavy atom. The largest absolute Gasteiger partial charge is 0.493 e. The predicted molar refractivity (Wildman–Crippen MR) is 110 cm³/mol. The number of aromatic nitrogens is 3. The highest BCUT2D eigenvalue weighted by Gasteiger charge is 2.08. The normalized spacial score (nSPS) is 11.5. The van der Waals surface area contributed by atoms with E-state index in [0.29, 0.717) is 31.3 Å². The topological polar surface area (TPSA) is 85.1 Å². The van der Waals surface area contributed by atoms with Crippen LogP contribution in [-0.4, -0.2) is 47.4 Å². The fourth-order valence-electron chi connectivity index (χ4n) is 2.79. The molecule has 3 aromatic rings. The second-order valence-corrected chi connectivity index (χ2v) is 5.98. The molecule has 0 saturated heterocycles. The van der Waals surface area contributed by atoms with Gasteiger partial charge in [-0.05, 0) is 38.1 Å². The molecular weight excluding hydrogens is 356 g/mol. The molecule has 0 amide bonds. The molecule has 28 heavy (non-hydrogen) atoms. The number of guanidine groups is 1. The summed E-state index contributed by atoms with van der Waals surface area (Å²) < 4.78 is 13.0. The molecule has 0 saturated carbocycles. The Hall–Kier alpha value is -3.29. The number of nitrogens with one attached hydrogen (secondary N) is 2. The second-order valence-electron chi connectivity index (χ2n) is 5.98. The number of ether oxygens (including phenoxy) is 2. The van der Waals surface area contributed by atoms with Crippen molar-refractivity contribution in [1.29, 1.82) is 0 Å². The Morgan fingerprint density at radius 2 is 2.04 bits per heavy atom. The Kier molecular flexibility index (Phi) is 6.67. The number of nitrogens with zero attached hydrogens (tertiary/aromatic N) is 4. The van der Waals surface area contributed by atoms with Crippen LogP contribution in [0.5, 0.6) is 11.5 Å². The Labute approximate surface area is 164 Å². The van der Waals surface area contributed by atoms with E-state index in [9.17, 15) is 0 Å². The Balaban J connectivity index is 1.69. The third-order valence-electron chi connectivity index (χ3n) is 4.06. The molecule has 2 heterocycles. The standard InChI is InChI=1S/C20H26N6O2/c1-4-21-20(23-15-9-10-16(28-5-2)17(14-15)27-3)22-12-11-19-25-24-18-8-6-7-13-26(18)19/h6-10,13-14H,4-5,11-12H2,1-3H3,(H2,21,22,23). The van der Waals surface area contributed by atoms with Crippen LogP contribution in [-0.2, 0) is 6.42 Å². The number of hydrogen-bond acceptors (Lipinski definition) is 5. The van der Waals surface area contributed by atoms with E-state index in [1.807, 2.05) is 60.8 Å². The molecule has 1 aromatic carbocycles. The molecule has 8 heteroatoms. The zero-order valence-electron chi connectivity index (χ0n) is 16.5. The minimum absolute atomic E-state index is 0.583. The van der Waals surface area contributed by atoms with Crippen molar-refractivity contribution < 1.29 is 9.47 Å². The molecule has 0 aliphatic heterocycles. The molecule has 3 rings (SSSR count). The first kappa shape index (κ1) is 19.5. The third kappa shape index (κ3) is 4.70. The molecule has 8 nitrogen and oxygen atoms in total. The lowest BCUT2D eigenvalue weighted by Crippen LogP contribution is -2.31. The molecule has 2 N–H and O–H groups in total. The summed E-state index contributed by atoms with van der Waals surface area (Å²) in [6.07, 6.45) is 2.65. The van der Waals surface area contributed by atoms with Crippen LogP contribution in [0.1, 0.15) is 19.7 Å². The average Bonchev–Trinajstić information content (AvgIpc) is 3.12. The molecule has 0 unspecified atom stereocenters. The maximum Gasteiger partial charge on any atom is 0.195 e. The van der Waals surface area contributed by atoms with Crippen LogP contribution in [0.3, 0.4) is 0 Å². The zero-order chi connectivity index (χ0) is 19.8. The van der Waals surface area contributed by atoms with Gasteiger partial charge in [0.2, 0.25) is 0 Å². The van der Waals surface area contributed by atoms with Crippen molar-refractivity contribution in [1.82, 2.24) is 19.9 Å². The van der Waals surface area contributed by atoms with Crippen molar-refractivity contribution in [2.24, 2.45) is 4.99 Å². The Bertz CT molecular complexity index is 937. The van der Waals surface area contributed by atoms with E-state index < -0.39 is 0 Å². The van der Waals surface area contributed by atoms with Gasteiger partial charge in [-0.25, -0.2) is 0 Å². The average molecular weight is 382 g/mol. The molecular formula is C20H26N6O2. The lowest BCUT2D eigenvalue weighted by Gasteiger charge is -2.14. The molecule has 0 radical (unpaired) electrons. The van der Waals surface area contributed by atoms with Crippen LogP contribution < -0.4 is 20.1 Å². The summed E-state index contributed by atoms with van der Waals surface area (Å²) in [6, 6.07) is 11.6. The van der Waals surface area contributed by atoms with Gasteiger partial charge < -0.3 is 20.1 Å². The summed E-state index contributed by atoms with van der Waals surface area (Å²) in [7, 11) is 1.63. The van der Waals surface area contributed by atoms with Crippen LogP contribution in [0.25, 0.3) is 5.65 Å². The fourth-order valence-corrected chi connectivity index (χ4v) is 2.79. The van der Waals surface area contributed by atoms with Crippen LogP contribution in [0.2, 0.25) is 0 Å². The van der Waals surface area contributed by atoms with Gasteiger partial charge in [0.15, 0.2) is 23.1 Å². The number of fused-ring (bicyclic) bond motifs is 1. The lowest BCUT2D eigenvalue weighted by molar-refractivity contribution is 0.311. The first-order chi connectivity index (χ1) is 13.7. The van der Waals surface area contributed by atoms with Crippen molar-refractivity contribution in [3.05, 3.63) is 48.4 Å². The second kappa shape index (κ2) is 9.59. The minimum Gasteiger partial charge on any atom is -0.493 e. The number of methoxy groups -OCH3 is 1. The van der Waals surface area contributed by atoms with Gasteiger partial charge in [-0.3, -0.25) is 9.39 Å². The van der Waals surface area contributed by atoms with E-state index in [2.05, 4.69) is 25.8 Å². The van der Waals surface area contributed by atoms with Gasteiger partial charge in [-0.15, -0.1) is 10.2 Å². The minimum atomic E-state index is 0.583. The molecule has 148 valence electrons. The SMILES string of the molecule is CCNC(=NCCc1nnc2ccccn12)Nc1ccc(OCC)c(OC)c1. The smallest absolute Gasteiger partial charge is 0.195 e. The molecule has 0 aliphatic rings. The molecule has 0 spiro atoms. The quantitative estimate of drug-likeness (QED) is 0.460. The maximum absolute atomic E-state index is 5.56. The maximum atomic E-state index is 5.56. The number of anilines is 1. The Morgan fingerprint density at radius 3 is 2.82 bits per heavy atom. The highest BCUT2D eigenvalue weighted by Crippen LogP contribution is 2.30. The van der Waals surface area contributed by atoms with Crippen molar-refractivity contribution in [3.8, 4) is 11.5 Å². The van der Waals surface area contributed by atoms with E-state index >= 15 is 0 Å². The number of pyridine rings is 1. The van der Waals surface area contributed by atoms with Crippen molar-refractivity contribution >= 4 is 17.3 Å². The van der Waals surface area contributed by atoms with Gasteiger partial charge in [0, 0.05) is 37.5 Å². The summed E-state index contributed by atoms with van der Waals surface area (Å²) in [5, 5.41) is 15.0. The number of aliphatic imine (C=N–C) groups is 1. The molecule has 0 fully saturated rings. The molecule has 0 aliphatic carbocycles. The van der Waals surface area contributed by atoms with E-state index in [-0.39, 0.29) is 0 Å². The number of hydrogen-bond donors (Lipinski definition) is 2. The number of benzene rings is 1. The first-order valence-electron chi connectivity index (χ1n) is 9.40. The van der Waals surface area contributed by atoms with Gasteiger partial charge >= 0.3 is 0 Å². The van der Waals surface area contributed by atoms with Crippen LogP contribution in [0.4, 0.5) is 5.69 Å². The molecule has 0 atom stereocenters. The van der Waals surface area contributed by atoms with Crippen LogP contribution in [0.15, 0.2) is 47.6 Å². The van der Waals surface area contributed by atoms with Gasteiger partial charge in [0.1, 0.15) is 5.82 Å². The summed E-state index contributed by atoms with van der Waals surface area (Å²) >= 11 is 0. The van der Waals surface area contributed by atoms with Gasteiger partial charge in [-0.1, -0.05) is 6.07 Å². The lowest BCUT2D eigenvalue weighted by atomic mass is 10.2. The highest BCUT2D eigenvalue weighted by molar-refractivity contribution is 5.93. The molecule has 2 aromatic heterocycles. The fraction of sp³-hybridized carbons (Fsp3) is 0.350. The van der Waals surface area contributed by atoms with E-state index in [1.165, 1.54) is 0 Å². The van der Waals surface area contributed by atoms with E-state index in [1.54, 1.807) is 7.11 Å². The highest BCUT2D eigenvalue weighted by atomic mass is 16.5. The summed E-state index contributed by atoms with van der Waals surface area (Å²) in [5.41, 5.74) is 1.71. The predicted octanol–water partition coefficient (Wildman–Crippen LogP) is 2.76. The summed E-state index contributed by atoms with van der Waals surface area (Å²) in [5.74, 6) is 2.98. The van der Waals surface area contributed by atoms with E-state index in [4.69, 9.17) is 9.47 Å². The monoisotopic (exact) mass is 382 g/mol. The van der Waals surface area contributed by atoms with Crippen molar-refractivity contribution in [2.75, 3.05) is 32.1 Å². The van der Waals surface area contributed by atoms with Gasteiger partial charge in [0.25, 0.3) is 0 Å². The van der Waals surface area contributed by atoms with Crippen molar-refractivity contribution in [2.45, 2.75) is 20.3 Å². The summed E-state index contributed by atoms with van der Waals surface area (Å²) in [4.78, 5) is 4.65. The van der Waals surface area contributed by atoms with E-state index in [0.717, 1.165) is 29.5 Å². The van der Waals surface area contributed by atoms with Gasteiger partial charge in [-0.2, -0.15) is 0 Å². The van der Waals surface area contributed by atoms with Gasteiger partial charge in [0.05, 0.1) is 13.7 Å². The third-order valence-corrected chi connectivity index (χ3v) is 4.06. The molecule has 0 bridgehead atoms. The number of rotatable bonds is 8. The van der Waals surface area contributed by atoms with Crippen LogP contribution >= 0.6 is 0 Å². The zero-order valence-corrected chi connectivity index (χ0v) is 16.5. The summed E-state index contributed by atoms with van der Waals surface area (Å²) in [6.45, 7) is 5.90. The van der Waals surface area contributed by atoms with Crippen LogP contribution in [0, 0.1) is 0 Å². The first-order valence-corrected chi connectivity index (χ1v) is 9.40. The van der Waals surface area contributed by atoms with Crippen molar-refractivity contribution in [3.63, 3.8) is 0 Å².